The van der Waals surface area contributed by atoms with Crippen LogP contribution in [-0.4, -0.2) is 41.3 Å². The summed E-state index contributed by atoms with van der Waals surface area (Å²) in [5.41, 5.74) is 0. The average Bonchev–Trinajstić information content (AvgIpc) is 2.13. The Bertz CT molecular complexity index is 227. The average molecular weight is 201 g/mol. The lowest BCUT2D eigenvalue weighted by molar-refractivity contribution is -0.144. The van der Waals surface area contributed by atoms with Crippen molar-refractivity contribution in [3.05, 3.63) is 0 Å². The van der Waals surface area contributed by atoms with Gasteiger partial charge in [0.15, 0.2) is 0 Å². The van der Waals surface area contributed by atoms with Crippen molar-refractivity contribution in [1.82, 2.24) is 4.90 Å². The van der Waals surface area contributed by atoms with Crippen LogP contribution in [0.25, 0.3) is 0 Å². The molecule has 5 nitrogen and oxygen atoms in total. The first-order valence-corrected chi connectivity index (χ1v) is 4.46. The molecule has 14 heavy (non-hydrogen) atoms. The van der Waals surface area contributed by atoms with Gasteiger partial charge in [-0.1, -0.05) is 6.92 Å². The van der Waals surface area contributed by atoms with Crippen molar-refractivity contribution in [2.75, 3.05) is 13.1 Å². The van der Waals surface area contributed by atoms with E-state index in [2.05, 4.69) is 0 Å². The van der Waals surface area contributed by atoms with E-state index in [1.807, 2.05) is 0 Å². The first-order valence-electron chi connectivity index (χ1n) is 4.46. The maximum Gasteiger partial charge on any atom is 0.323 e. The van der Waals surface area contributed by atoms with Crippen molar-refractivity contribution in [2.24, 2.45) is 5.92 Å². The van der Waals surface area contributed by atoms with Crippen molar-refractivity contribution < 1.29 is 19.5 Å². The van der Waals surface area contributed by atoms with E-state index in [1.54, 1.807) is 13.8 Å². The highest BCUT2D eigenvalue weighted by Crippen LogP contribution is 2.02. The zero-order chi connectivity index (χ0) is 11.1. The molecule has 0 aliphatic heterocycles. The van der Waals surface area contributed by atoms with Gasteiger partial charge in [0.2, 0.25) is 5.91 Å². The lowest BCUT2D eigenvalue weighted by atomic mass is 10.1. The Morgan fingerprint density at radius 1 is 1.50 bits per heavy atom. The topological polar surface area (TPSA) is 74.7 Å². The van der Waals surface area contributed by atoms with Crippen molar-refractivity contribution in [3.63, 3.8) is 0 Å². The van der Waals surface area contributed by atoms with Gasteiger partial charge in [-0.2, -0.15) is 0 Å². The molecule has 1 unspecified atom stereocenters. The Kier molecular flexibility index (Phi) is 5.52. The molecular formula is C9H15NO4. The Morgan fingerprint density at radius 2 is 2.07 bits per heavy atom. The van der Waals surface area contributed by atoms with Crippen LogP contribution in [0.1, 0.15) is 20.3 Å². The number of carbonyl (C=O) groups excluding carboxylic acids is 2. The van der Waals surface area contributed by atoms with Gasteiger partial charge in [-0.05, 0) is 6.92 Å². The van der Waals surface area contributed by atoms with Crippen LogP contribution in [0.3, 0.4) is 0 Å². The number of carbonyl (C=O) groups is 3. The number of hydrogen-bond acceptors (Lipinski definition) is 3. The lowest BCUT2D eigenvalue weighted by Crippen LogP contribution is -2.36. The lowest BCUT2D eigenvalue weighted by Gasteiger charge is -2.19. The van der Waals surface area contributed by atoms with Crippen LogP contribution in [0, 0.1) is 5.92 Å². The molecule has 0 aromatic rings. The molecule has 0 fully saturated rings. The zero-order valence-corrected chi connectivity index (χ0v) is 8.40. The van der Waals surface area contributed by atoms with E-state index < -0.39 is 5.97 Å². The summed E-state index contributed by atoms with van der Waals surface area (Å²) >= 11 is 0. The van der Waals surface area contributed by atoms with Crippen molar-refractivity contribution in [2.45, 2.75) is 20.3 Å². The van der Waals surface area contributed by atoms with Crippen LogP contribution in [0.5, 0.6) is 0 Å². The first-order chi connectivity index (χ1) is 6.51. The summed E-state index contributed by atoms with van der Waals surface area (Å²) in [6.07, 6.45) is 0.761. The fraction of sp³-hybridized carbons (Fsp3) is 0.667. The van der Waals surface area contributed by atoms with Crippen LogP contribution in [0.2, 0.25) is 0 Å². The Morgan fingerprint density at radius 3 is 2.43 bits per heavy atom. The Hall–Kier alpha value is -1.39. The number of hydrogen-bond donors (Lipinski definition) is 1. The SMILES string of the molecule is CCN(CC(=O)O)C(=O)CC(C)C=O. The Balaban J connectivity index is 4.17. The summed E-state index contributed by atoms with van der Waals surface area (Å²) in [5, 5.41) is 8.49. The molecule has 0 aliphatic carbocycles. The number of rotatable bonds is 6. The molecule has 80 valence electrons. The van der Waals surface area contributed by atoms with Gasteiger partial charge in [-0.15, -0.1) is 0 Å². The number of nitrogens with zero attached hydrogens (tertiary/aromatic N) is 1. The second-order valence-corrected chi connectivity index (χ2v) is 3.12. The fourth-order valence-corrected chi connectivity index (χ4v) is 0.992. The second kappa shape index (κ2) is 6.12. The van der Waals surface area contributed by atoms with E-state index in [0.29, 0.717) is 12.8 Å². The predicted molar refractivity (Wildman–Crippen MR) is 49.7 cm³/mol. The molecule has 5 heteroatoms. The largest absolute Gasteiger partial charge is 0.480 e. The number of aliphatic carboxylic acids is 1. The molecule has 0 spiro atoms. The van der Waals surface area contributed by atoms with E-state index in [9.17, 15) is 14.4 Å². The van der Waals surface area contributed by atoms with Gasteiger partial charge in [-0.3, -0.25) is 9.59 Å². The molecule has 0 aliphatic rings. The standard InChI is InChI=1S/C9H15NO4/c1-3-10(5-9(13)14)8(12)4-7(2)6-11/h6-7H,3-5H2,1-2H3,(H,13,14). The second-order valence-electron chi connectivity index (χ2n) is 3.12. The van der Waals surface area contributed by atoms with E-state index in [1.165, 1.54) is 4.90 Å². The highest BCUT2D eigenvalue weighted by molar-refractivity contribution is 5.83. The molecule has 0 saturated heterocycles. The third-order valence-corrected chi connectivity index (χ3v) is 1.79. The molecule has 0 aromatic carbocycles. The first kappa shape index (κ1) is 12.6. The van der Waals surface area contributed by atoms with E-state index >= 15 is 0 Å². The number of carboxylic acids is 1. The molecule has 0 aromatic heterocycles. The minimum Gasteiger partial charge on any atom is -0.480 e. The summed E-state index contributed by atoms with van der Waals surface area (Å²) in [6.45, 7) is 3.36. The van der Waals surface area contributed by atoms with Crippen LogP contribution >= 0.6 is 0 Å². The monoisotopic (exact) mass is 201 g/mol. The number of carboxylic acid groups (broad SMARTS) is 1. The van der Waals surface area contributed by atoms with Gasteiger partial charge >= 0.3 is 5.97 Å². The van der Waals surface area contributed by atoms with Crippen LogP contribution in [0.15, 0.2) is 0 Å². The molecule has 1 N–H and O–H groups in total. The molecule has 1 amide bonds. The molecule has 0 bridgehead atoms. The quantitative estimate of drug-likeness (QED) is 0.620. The smallest absolute Gasteiger partial charge is 0.323 e. The summed E-state index contributed by atoms with van der Waals surface area (Å²) in [5.74, 6) is -1.70. The van der Waals surface area contributed by atoms with E-state index in [0.717, 1.165) is 0 Å². The van der Waals surface area contributed by atoms with Gasteiger partial charge < -0.3 is 14.8 Å². The van der Waals surface area contributed by atoms with Gasteiger partial charge in [0.1, 0.15) is 12.8 Å². The third-order valence-electron chi connectivity index (χ3n) is 1.79. The minimum atomic E-state index is -1.04. The van der Waals surface area contributed by atoms with Gasteiger partial charge in [0.25, 0.3) is 0 Å². The van der Waals surface area contributed by atoms with Gasteiger partial charge in [-0.25, -0.2) is 0 Å². The van der Waals surface area contributed by atoms with E-state index in [4.69, 9.17) is 5.11 Å². The maximum absolute atomic E-state index is 11.4. The number of aldehydes is 1. The van der Waals surface area contributed by atoms with Crippen LogP contribution in [0.4, 0.5) is 0 Å². The minimum absolute atomic E-state index is 0.0740. The zero-order valence-electron chi connectivity index (χ0n) is 8.40. The molecule has 0 saturated carbocycles. The van der Waals surface area contributed by atoms with Crippen LogP contribution < -0.4 is 0 Å². The van der Waals surface area contributed by atoms with Crippen LogP contribution in [-0.2, 0) is 14.4 Å². The molecular weight excluding hydrogens is 186 g/mol. The highest BCUT2D eigenvalue weighted by Gasteiger charge is 2.16. The highest BCUT2D eigenvalue weighted by atomic mass is 16.4. The molecule has 0 rings (SSSR count). The molecule has 0 radical (unpaired) electrons. The summed E-state index contributed by atoms with van der Waals surface area (Å²) in [7, 11) is 0. The molecule has 1 atom stereocenters. The van der Waals surface area contributed by atoms with Crippen molar-refractivity contribution in [1.29, 1.82) is 0 Å². The van der Waals surface area contributed by atoms with Crippen molar-refractivity contribution in [3.8, 4) is 0 Å². The normalized spacial score (nSPS) is 11.9. The van der Waals surface area contributed by atoms with Gasteiger partial charge in [0, 0.05) is 18.9 Å². The summed E-state index contributed by atoms with van der Waals surface area (Å²) < 4.78 is 0. The summed E-state index contributed by atoms with van der Waals surface area (Å²) in [6, 6.07) is 0. The number of amides is 1. The summed E-state index contributed by atoms with van der Waals surface area (Å²) in [4.78, 5) is 33.2. The Labute approximate surface area is 82.7 Å². The maximum atomic E-state index is 11.4. The van der Waals surface area contributed by atoms with Crippen molar-refractivity contribution >= 4 is 18.2 Å². The predicted octanol–water partition coefficient (Wildman–Crippen LogP) is 0.145. The van der Waals surface area contributed by atoms with E-state index in [-0.39, 0.29) is 24.8 Å². The fourth-order valence-electron chi connectivity index (χ4n) is 0.992. The number of likely N-dealkylation sites (N-methyl/N-ethyl adjacent to an activating group) is 1. The molecule has 0 heterocycles. The third kappa shape index (κ3) is 4.59. The van der Waals surface area contributed by atoms with Gasteiger partial charge in [0.05, 0.1) is 0 Å².